The molecule has 2 atom stereocenters. The minimum Gasteiger partial charge on any atom is -0.469 e. The number of benzene rings is 1. The van der Waals surface area contributed by atoms with Gasteiger partial charge in [-0.25, -0.2) is 22.5 Å². The van der Waals surface area contributed by atoms with E-state index < -0.39 is 49.0 Å². The number of halogens is 5. The molecule has 35 heavy (non-hydrogen) atoms. The highest BCUT2D eigenvalue weighted by Gasteiger charge is 2.29. The number of carbonyl (C=O) groups is 1. The van der Waals surface area contributed by atoms with E-state index >= 15 is 0 Å². The van der Waals surface area contributed by atoms with Crippen LogP contribution in [0.3, 0.4) is 0 Å². The molecule has 1 N–H and O–H groups in total. The predicted molar refractivity (Wildman–Crippen MR) is 121 cm³/mol. The zero-order valence-corrected chi connectivity index (χ0v) is 19.6. The van der Waals surface area contributed by atoms with Crippen molar-refractivity contribution in [3.63, 3.8) is 0 Å². The largest absolute Gasteiger partial charge is 0.469 e. The van der Waals surface area contributed by atoms with Gasteiger partial charge in [0, 0.05) is 20.0 Å². The van der Waals surface area contributed by atoms with Crippen LogP contribution >= 0.6 is 0 Å². The Labute approximate surface area is 200 Å². The van der Waals surface area contributed by atoms with Crippen molar-refractivity contribution in [2.24, 2.45) is 5.92 Å². The quantitative estimate of drug-likeness (QED) is 0.457. The summed E-state index contributed by atoms with van der Waals surface area (Å²) in [5, 5.41) is 2.23. The third-order valence-corrected chi connectivity index (χ3v) is 5.93. The van der Waals surface area contributed by atoms with Crippen molar-refractivity contribution < 1.29 is 31.5 Å². The molecule has 11 heteroatoms. The molecule has 1 amide bonds. The van der Waals surface area contributed by atoms with Gasteiger partial charge in [-0.15, -0.1) is 0 Å². The van der Waals surface area contributed by atoms with E-state index in [1.807, 2.05) is 24.3 Å². The SMILES string of the molecule is CC(C(=O)NCC(F)F)c1ccc(CC[C@@H]2CCN(c3ncnc(OCC(C)(F)F)c3F)C2)cc1. The van der Waals surface area contributed by atoms with Gasteiger partial charge in [0.25, 0.3) is 18.2 Å². The lowest BCUT2D eigenvalue weighted by Crippen LogP contribution is -2.31. The van der Waals surface area contributed by atoms with Crippen molar-refractivity contribution in [1.82, 2.24) is 15.3 Å². The molecular weight excluding hydrogens is 471 g/mol. The van der Waals surface area contributed by atoms with Crippen LogP contribution in [0.25, 0.3) is 0 Å². The van der Waals surface area contributed by atoms with E-state index in [1.54, 1.807) is 11.8 Å². The van der Waals surface area contributed by atoms with Gasteiger partial charge in [0.05, 0.1) is 12.5 Å². The van der Waals surface area contributed by atoms with Crippen LogP contribution in [0.2, 0.25) is 0 Å². The summed E-state index contributed by atoms with van der Waals surface area (Å²) < 4.78 is 70.2. The number of aromatic nitrogens is 2. The smallest absolute Gasteiger partial charge is 0.278 e. The van der Waals surface area contributed by atoms with Crippen molar-refractivity contribution in [3.05, 3.63) is 47.5 Å². The summed E-state index contributed by atoms with van der Waals surface area (Å²) in [6, 6.07) is 7.47. The standard InChI is InChI=1S/C24H29F5N4O2/c1-15(22(34)30-11-19(25)26)18-7-5-16(6-8-18)3-4-17-9-10-33(12-17)21-20(27)23(32-14-31-21)35-13-24(2,28)29/h5-8,14-15,17,19H,3-4,9-13H2,1-2H3,(H,30,34)/t15?,17-/m1/s1. The van der Waals surface area contributed by atoms with E-state index in [4.69, 9.17) is 4.74 Å². The Balaban J connectivity index is 1.51. The van der Waals surface area contributed by atoms with Crippen molar-refractivity contribution in [1.29, 1.82) is 0 Å². The molecule has 0 bridgehead atoms. The van der Waals surface area contributed by atoms with Crippen LogP contribution in [0.15, 0.2) is 30.6 Å². The summed E-state index contributed by atoms with van der Waals surface area (Å²) in [7, 11) is 0. The first-order chi connectivity index (χ1) is 16.5. The summed E-state index contributed by atoms with van der Waals surface area (Å²) in [6.07, 6.45) is 0.961. The zero-order chi connectivity index (χ0) is 25.6. The number of amides is 1. The van der Waals surface area contributed by atoms with E-state index in [2.05, 4.69) is 15.3 Å². The fourth-order valence-corrected chi connectivity index (χ4v) is 3.95. The molecule has 1 aromatic carbocycles. The molecule has 1 aliphatic rings. The Hall–Kier alpha value is -2.98. The molecular formula is C24H29F5N4O2. The number of anilines is 1. The Morgan fingerprint density at radius 2 is 1.97 bits per heavy atom. The molecule has 192 valence electrons. The molecule has 1 aromatic heterocycles. The molecule has 6 nitrogen and oxygen atoms in total. The number of ether oxygens (including phenoxy) is 1. The average Bonchev–Trinajstić information content (AvgIpc) is 3.28. The molecule has 0 spiro atoms. The Bertz CT molecular complexity index is 985. The number of rotatable bonds is 11. The number of hydrogen-bond donors (Lipinski definition) is 1. The van der Waals surface area contributed by atoms with Crippen LogP contribution in [0.5, 0.6) is 5.88 Å². The molecule has 0 saturated carbocycles. The lowest BCUT2D eigenvalue weighted by molar-refractivity contribution is -0.122. The first-order valence-electron chi connectivity index (χ1n) is 11.4. The van der Waals surface area contributed by atoms with Gasteiger partial charge in [-0.2, -0.15) is 9.37 Å². The highest BCUT2D eigenvalue weighted by atomic mass is 19.3. The number of nitrogens with one attached hydrogen (secondary N) is 1. The maximum atomic E-state index is 14.7. The zero-order valence-electron chi connectivity index (χ0n) is 19.6. The van der Waals surface area contributed by atoms with Gasteiger partial charge in [-0.05, 0) is 43.2 Å². The van der Waals surface area contributed by atoms with Crippen molar-refractivity contribution in [2.75, 3.05) is 31.1 Å². The first-order valence-corrected chi connectivity index (χ1v) is 11.4. The lowest BCUT2D eigenvalue weighted by atomic mass is 9.95. The third kappa shape index (κ3) is 7.76. The van der Waals surface area contributed by atoms with Gasteiger partial charge in [-0.1, -0.05) is 24.3 Å². The molecule has 2 aromatic rings. The first kappa shape index (κ1) is 26.6. The molecule has 1 fully saturated rings. The van der Waals surface area contributed by atoms with Gasteiger partial charge in [0.15, 0.2) is 12.4 Å². The molecule has 2 heterocycles. The van der Waals surface area contributed by atoms with Crippen LogP contribution in [0.1, 0.15) is 43.7 Å². The number of aryl methyl sites for hydroxylation is 1. The number of carbonyl (C=O) groups excluding carboxylic acids is 1. The van der Waals surface area contributed by atoms with Crippen molar-refractivity contribution in [2.45, 2.75) is 51.4 Å². The molecule has 1 saturated heterocycles. The number of alkyl halides is 4. The number of nitrogens with zero attached hydrogens (tertiary/aromatic N) is 3. The maximum Gasteiger partial charge on any atom is 0.278 e. The van der Waals surface area contributed by atoms with Gasteiger partial charge >= 0.3 is 0 Å². The van der Waals surface area contributed by atoms with E-state index in [-0.39, 0.29) is 11.7 Å². The molecule has 1 unspecified atom stereocenters. The summed E-state index contributed by atoms with van der Waals surface area (Å²) in [5.74, 6) is -5.10. The lowest BCUT2D eigenvalue weighted by Gasteiger charge is -2.19. The second-order valence-corrected chi connectivity index (χ2v) is 8.91. The van der Waals surface area contributed by atoms with Crippen LogP contribution < -0.4 is 15.0 Å². The molecule has 1 aliphatic heterocycles. The second kappa shape index (κ2) is 11.6. The Morgan fingerprint density at radius 1 is 1.26 bits per heavy atom. The van der Waals surface area contributed by atoms with Crippen molar-refractivity contribution >= 4 is 11.7 Å². The normalized spacial score (nSPS) is 17.0. The predicted octanol–water partition coefficient (Wildman–Crippen LogP) is 4.59. The van der Waals surface area contributed by atoms with E-state index in [9.17, 15) is 26.7 Å². The molecule has 0 radical (unpaired) electrons. The van der Waals surface area contributed by atoms with E-state index in [0.29, 0.717) is 20.0 Å². The Kier molecular flexibility index (Phi) is 8.85. The fraction of sp³-hybridized carbons (Fsp3) is 0.542. The van der Waals surface area contributed by atoms with Crippen LogP contribution in [0, 0.1) is 11.7 Å². The maximum absolute atomic E-state index is 14.7. The van der Waals surface area contributed by atoms with E-state index in [0.717, 1.165) is 36.7 Å². The van der Waals surface area contributed by atoms with Crippen molar-refractivity contribution in [3.8, 4) is 5.88 Å². The monoisotopic (exact) mass is 500 g/mol. The van der Waals surface area contributed by atoms with Crippen LogP contribution in [-0.2, 0) is 11.2 Å². The second-order valence-electron chi connectivity index (χ2n) is 8.91. The highest BCUT2D eigenvalue weighted by Crippen LogP contribution is 2.30. The minimum atomic E-state index is -3.10. The summed E-state index contributed by atoms with van der Waals surface area (Å²) >= 11 is 0. The van der Waals surface area contributed by atoms with Gasteiger partial charge in [-0.3, -0.25) is 4.79 Å². The topological polar surface area (TPSA) is 67.4 Å². The fourth-order valence-electron chi connectivity index (χ4n) is 3.95. The average molecular weight is 501 g/mol. The summed E-state index contributed by atoms with van der Waals surface area (Å²) in [4.78, 5) is 21.4. The van der Waals surface area contributed by atoms with Gasteiger partial charge in [0.2, 0.25) is 11.7 Å². The van der Waals surface area contributed by atoms with Gasteiger partial charge in [0.1, 0.15) is 6.33 Å². The van der Waals surface area contributed by atoms with Crippen LogP contribution in [0.4, 0.5) is 27.8 Å². The number of hydrogen-bond acceptors (Lipinski definition) is 5. The Morgan fingerprint density at radius 3 is 2.63 bits per heavy atom. The molecule has 0 aliphatic carbocycles. The minimum absolute atomic E-state index is 0.0420. The highest BCUT2D eigenvalue weighted by molar-refractivity contribution is 5.83. The van der Waals surface area contributed by atoms with Gasteiger partial charge < -0.3 is 15.0 Å². The van der Waals surface area contributed by atoms with E-state index in [1.165, 1.54) is 0 Å². The van der Waals surface area contributed by atoms with Crippen LogP contribution in [-0.4, -0.2) is 54.5 Å². The third-order valence-electron chi connectivity index (χ3n) is 5.93. The molecule has 3 rings (SSSR count). The summed E-state index contributed by atoms with van der Waals surface area (Å²) in [5.41, 5.74) is 1.81. The summed E-state index contributed by atoms with van der Waals surface area (Å²) in [6.45, 7) is 1.85.